The van der Waals surface area contributed by atoms with Gasteiger partial charge in [0.05, 0.1) is 20.3 Å². The van der Waals surface area contributed by atoms with Crippen LogP contribution >= 0.6 is 0 Å². The zero-order valence-electron chi connectivity index (χ0n) is 24.1. The number of methoxy groups -OCH3 is 1. The number of carbonyl (C=O) groups excluding carboxylic acids is 1. The lowest BCUT2D eigenvalue weighted by Gasteiger charge is -2.30. The zero-order chi connectivity index (χ0) is 30.5. The van der Waals surface area contributed by atoms with Gasteiger partial charge in [0.15, 0.2) is 11.6 Å². The quantitative estimate of drug-likeness (QED) is 0.0541. The van der Waals surface area contributed by atoms with Gasteiger partial charge in [-0.15, -0.1) is 6.58 Å². The van der Waals surface area contributed by atoms with Crippen molar-refractivity contribution in [3.8, 4) is 11.5 Å². The Bertz CT molecular complexity index is 1470. The molecule has 224 valence electrons. The first-order valence-electron chi connectivity index (χ1n) is 14.0. The number of aliphatic imine (C=N–C) groups is 1. The molecule has 3 aromatic rings. The number of ether oxygens (including phenoxy) is 3. The summed E-state index contributed by atoms with van der Waals surface area (Å²) < 4.78 is 17.6. The number of hydrazine groups is 1. The topological polar surface area (TPSA) is 150 Å². The van der Waals surface area contributed by atoms with E-state index in [1.807, 2.05) is 60.7 Å². The van der Waals surface area contributed by atoms with Crippen molar-refractivity contribution in [2.75, 3.05) is 26.9 Å². The Hall–Kier alpha value is -4.83. The lowest BCUT2D eigenvalue weighted by molar-refractivity contribution is -0.129. The molecule has 0 unspecified atom stereocenters. The third kappa shape index (κ3) is 7.52. The molecule has 0 aromatic heterocycles. The van der Waals surface area contributed by atoms with Crippen molar-refractivity contribution in [3.05, 3.63) is 118 Å². The van der Waals surface area contributed by atoms with Crippen LogP contribution in [0, 0.1) is 0 Å². The van der Waals surface area contributed by atoms with E-state index >= 15 is 0 Å². The largest absolute Gasteiger partial charge is 0.496 e. The van der Waals surface area contributed by atoms with Crippen molar-refractivity contribution in [3.63, 3.8) is 0 Å². The summed E-state index contributed by atoms with van der Waals surface area (Å²) >= 11 is 0. The third-order valence-electron chi connectivity index (χ3n) is 7.04. The van der Waals surface area contributed by atoms with Gasteiger partial charge < -0.3 is 19.3 Å². The Balaban J connectivity index is 1.63. The zero-order valence-corrected chi connectivity index (χ0v) is 24.1. The monoisotopic (exact) mass is 584 g/mol. The summed E-state index contributed by atoms with van der Waals surface area (Å²) in [6.07, 6.45) is 2.14. The van der Waals surface area contributed by atoms with E-state index in [-0.39, 0.29) is 25.5 Å². The number of rotatable bonds is 16. The van der Waals surface area contributed by atoms with Gasteiger partial charge in [0.25, 0.3) is 5.91 Å². The smallest absolute Gasteiger partial charge is 0.266 e. The average molecular weight is 585 g/mol. The molecule has 4 rings (SSSR count). The molecule has 1 heterocycles. The minimum atomic E-state index is -1.41. The molecule has 11 heteroatoms. The van der Waals surface area contributed by atoms with Crippen LogP contribution in [0.15, 0.2) is 95.6 Å². The van der Waals surface area contributed by atoms with Crippen molar-refractivity contribution < 1.29 is 24.1 Å². The second-order valence-electron chi connectivity index (χ2n) is 9.81. The summed E-state index contributed by atoms with van der Waals surface area (Å²) in [5, 5.41) is 12.8. The second kappa shape index (κ2) is 15.4. The van der Waals surface area contributed by atoms with Crippen molar-refractivity contribution in [2.45, 2.75) is 37.5 Å². The fourth-order valence-corrected chi connectivity index (χ4v) is 4.91. The summed E-state index contributed by atoms with van der Waals surface area (Å²) in [4.78, 5) is 21.8. The van der Waals surface area contributed by atoms with E-state index in [9.17, 15) is 4.79 Å². The Morgan fingerprint density at radius 3 is 2.63 bits per heavy atom. The first-order chi connectivity index (χ1) is 21.1. The number of nitrogens with zero attached hydrogens (tertiary/aromatic N) is 4. The molecule has 0 radical (unpaired) electrons. The molecular weight excluding hydrogens is 548 g/mol. The predicted molar refractivity (Wildman–Crippen MR) is 164 cm³/mol. The van der Waals surface area contributed by atoms with E-state index in [0.29, 0.717) is 42.9 Å². The van der Waals surface area contributed by atoms with Gasteiger partial charge in [0, 0.05) is 36.5 Å². The van der Waals surface area contributed by atoms with Crippen LogP contribution in [0.4, 0.5) is 0 Å². The number of benzene rings is 3. The van der Waals surface area contributed by atoms with Crippen LogP contribution in [0.25, 0.3) is 10.4 Å². The highest BCUT2D eigenvalue weighted by atomic mass is 16.5. The minimum Gasteiger partial charge on any atom is -0.496 e. The first kappa shape index (κ1) is 31.1. The highest BCUT2D eigenvalue weighted by molar-refractivity contribution is 6.01. The number of hydrogen-bond donors (Lipinski definition) is 3. The van der Waals surface area contributed by atoms with E-state index in [0.717, 1.165) is 16.9 Å². The Kier molecular flexibility index (Phi) is 11.2. The summed E-state index contributed by atoms with van der Waals surface area (Å²) in [6.45, 7) is 4.89. The highest BCUT2D eigenvalue weighted by Crippen LogP contribution is 2.44. The van der Waals surface area contributed by atoms with Gasteiger partial charge in [-0.2, -0.15) is 0 Å². The second-order valence-corrected chi connectivity index (χ2v) is 9.81. The van der Waals surface area contributed by atoms with Crippen LogP contribution in [0.3, 0.4) is 0 Å². The molecule has 3 aromatic carbocycles. The molecule has 0 saturated heterocycles. The maximum atomic E-state index is 14.0. The SMILES string of the molecule is C=CC[C@]1(C(=O)NNCCc2ccccc2OC)N=C(c2ccc(OCCCO)cc2)O[C@H]1c1ccccc1CN=[N+]=[N-]. The fraction of sp³-hybridized carbons (Fsp3) is 0.312. The Labute approximate surface area is 250 Å². The number of aliphatic hydroxyl groups excluding tert-OH is 1. The molecule has 1 aliphatic heterocycles. The lowest BCUT2D eigenvalue weighted by atomic mass is 9.83. The molecule has 2 atom stereocenters. The summed E-state index contributed by atoms with van der Waals surface area (Å²) in [5.74, 6) is 1.31. The number of nitrogens with one attached hydrogen (secondary N) is 2. The van der Waals surface area contributed by atoms with Crippen LogP contribution in [0.1, 0.15) is 41.2 Å². The number of hydrogen-bond acceptors (Lipinski definition) is 8. The molecule has 0 aliphatic carbocycles. The van der Waals surface area contributed by atoms with E-state index in [4.69, 9.17) is 29.8 Å². The molecule has 0 spiro atoms. The van der Waals surface area contributed by atoms with E-state index < -0.39 is 17.6 Å². The highest BCUT2D eigenvalue weighted by Gasteiger charge is 2.53. The third-order valence-corrected chi connectivity index (χ3v) is 7.04. The van der Waals surface area contributed by atoms with Gasteiger partial charge in [-0.1, -0.05) is 53.7 Å². The Morgan fingerprint density at radius 1 is 1.16 bits per heavy atom. The van der Waals surface area contributed by atoms with Gasteiger partial charge in [-0.3, -0.25) is 10.2 Å². The summed E-state index contributed by atoms with van der Waals surface area (Å²) in [5.41, 5.74) is 16.5. The maximum Gasteiger partial charge on any atom is 0.266 e. The van der Waals surface area contributed by atoms with Crippen molar-refractivity contribution in [1.29, 1.82) is 0 Å². The fourth-order valence-electron chi connectivity index (χ4n) is 4.91. The normalized spacial score (nSPS) is 17.3. The molecule has 0 fully saturated rings. The molecule has 1 amide bonds. The van der Waals surface area contributed by atoms with Gasteiger partial charge in [-0.05, 0) is 59.0 Å². The van der Waals surface area contributed by atoms with Gasteiger partial charge in [0.1, 0.15) is 11.5 Å². The average Bonchev–Trinajstić information content (AvgIpc) is 3.43. The van der Waals surface area contributed by atoms with Crippen LogP contribution in [0.2, 0.25) is 0 Å². The van der Waals surface area contributed by atoms with Crippen molar-refractivity contribution >= 4 is 11.8 Å². The van der Waals surface area contributed by atoms with Crippen molar-refractivity contribution in [2.24, 2.45) is 10.1 Å². The van der Waals surface area contributed by atoms with E-state index in [1.165, 1.54) is 0 Å². The molecule has 3 N–H and O–H groups in total. The van der Waals surface area contributed by atoms with Crippen LogP contribution in [-0.4, -0.2) is 49.3 Å². The lowest BCUT2D eigenvalue weighted by Crippen LogP contribution is -2.53. The molecular formula is C32H36N6O5. The standard InChI is InChI=1S/C32H36N6O5/c1-3-18-32(31(40)37-34-19-17-23-9-5-7-12-28(23)41-2)29(27-11-6-4-10-25(27)22-35-38-33)43-30(36-32)24-13-15-26(16-14-24)42-21-8-20-39/h3-7,9-16,29,34,39H,1,8,17-22H2,2H3,(H,37,40)/t29-,32-/m0/s1. The Morgan fingerprint density at radius 2 is 1.91 bits per heavy atom. The van der Waals surface area contributed by atoms with Crippen molar-refractivity contribution in [1.82, 2.24) is 10.9 Å². The summed E-state index contributed by atoms with van der Waals surface area (Å²) in [7, 11) is 1.63. The summed E-state index contributed by atoms with van der Waals surface area (Å²) in [6, 6.07) is 22.3. The predicted octanol–water partition coefficient (Wildman–Crippen LogP) is 4.96. The number of aliphatic hydroxyl groups is 1. The molecule has 11 nitrogen and oxygen atoms in total. The van der Waals surface area contributed by atoms with Gasteiger partial charge >= 0.3 is 0 Å². The molecule has 1 aliphatic rings. The van der Waals surface area contributed by atoms with E-state index in [1.54, 1.807) is 25.3 Å². The van der Waals surface area contributed by atoms with Crippen LogP contribution in [0.5, 0.6) is 11.5 Å². The maximum absolute atomic E-state index is 14.0. The van der Waals surface area contributed by atoms with E-state index in [2.05, 4.69) is 27.5 Å². The number of para-hydroxylation sites is 1. The number of carbonyl (C=O) groups is 1. The molecule has 0 bridgehead atoms. The minimum absolute atomic E-state index is 0.0496. The van der Waals surface area contributed by atoms with Crippen LogP contribution in [-0.2, 0) is 22.5 Å². The number of azide groups is 1. The van der Waals surface area contributed by atoms with Crippen LogP contribution < -0.4 is 20.3 Å². The van der Waals surface area contributed by atoms with Gasteiger partial charge in [0.2, 0.25) is 5.90 Å². The molecule has 43 heavy (non-hydrogen) atoms. The van der Waals surface area contributed by atoms with Gasteiger partial charge in [-0.25, -0.2) is 10.4 Å². The first-order valence-corrected chi connectivity index (χ1v) is 14.0. The molecule has 0 saturated carbocycles. The number of amides is 1.